The summed E-state index contributed by atoms with van der Waals surface area (Å²) in [6.07, 6.45) is 4.74. The first kappa shape index (κ1) is 10.1. The van der Waals surface area contributed by atoms with Crippen LogP contribution < -0.4 is 0 Å². The molecule has 70 valence electrons. The second-order valence-electron chi connectivity index (χ2n) is 4.21. The van der Waals surface area contributed by atoms with Crippen LogP contribution >= 0.6 is 0 Å². The van der Waals surface area contributed by atoms with Gasteiger partial charge in [-0.2, -0.15) is 0 Å². The van der Waals surface area contributed by atoms with Gasteiger partial charge in [0.25, 0.3) is 0 Å². The van der Waals surface area contributed by atoms with E-state index in [1.807, 2.05) is 0 Å². The van der Waals surface area contributed by atoms with Crippen LogP contribution in [0.4, 0.5) is 0 Å². The minimum Gasteiger partial charge on any atom is -0.396 e. The van der Waals surface area contributed by atoms with E-state index >= 15 is 0 Å². The van der Waals surface area contributed by atoms with Crippen LogP contribution in [0.5, 0.6) is 0 Å². The summed E-state index contributed by atoms with van der Waals surface area (Å²) in [6.45, 7) is 4.89. The van der Waals surface area contributed by atoms with Gasteiger partial charge in [0.05, 0.1) is 0 Å². The van der Waals surface area contributed by atoms with Crippen molar-refractivity contribution < 1.29 is 5.11 Å². The van der Waals surface area contributed by atoms with Crippen LogP contribution in [0, 0.1) is 5.41 Å². The summed E-state index contributed by atoms with van der Waals surface area (Å²) in [5.41, 5.74) is 0.265. The predicted octanol–water partition coefficient (Wildman–Crippen LogP) is 0.409. The first-order valence-electron chi connectivity index (χ1n) is 5.02. The molecule has 0 atom stereocenters. The molecule has 0 spiro atoms. The van der Waals surface area contributed by atoms with Gasteiger partial charge in [-0.05, 0) is 37.8 Å². The lowest BCUT2D eigenvalue weighted by atomic mass is 9.75. The van der Waals surface area contributed by atoms with Crippen molar-refractivity contribution in [3.63, 3.8) is 0 Å². The molecule has 0 aromatic heterocycles. The van der Waals surface area contributed by atoms with Gasteiger partial charge in [0.1, 0.15) is 0 Å². The average molecular weight is 169 g/mol. The number of rotatable bonds is 3. The molecular weight excluding hydrogens is 149 g/mol. The van der Waals surface area contributed by atoms with Crippen LogP contribution in [-0.4, -0.2) is 37.6 Å². The van der Waals surface area contributed by atoms with Crippen molar-refractivity contribution in [2.75, 3.05) is 19.7 Å². The van der Waals surface area contributed by atoms with Crippen molar-refractivity contribution in [2.45, 2.75) is 32.6 Å². The molecule has 1 N–H and O–H groups in total. The Kier molecular flexibility index (Phi) is 3.60. The highest BCUT2D eigenvalue weighted by Crippen LogP contribution is 2.34. The molecule has 1 fully saturated rings. The van der Waals surface area contributed by atoms with Crippen LogP contribution in [0.2, 0.25) is 0 Å². The number of aliphatic hydroxyl groups excluding tert-OH is 1. The van der Waals surface area contributed by atoms with Crippen molar-refractivity contribution in [1.29, 1.82) is 0 Å². The van der Waals surface area contributed by atoms with Gasteiger partial charge in [0.2, 0.25) is 0 Å². The zero-order valence-corrected chi connectivity index (χ0v) is 8.34. The normalized spacial score (nSPS) is 24.2. The molecule has 0 aromatic carbocycles. The molecule has 0 unspecified atom stereocenters. The summed E-state index contributed by atoms with van der Waals surface area (Å²) in [5, 5.41) is 9.34. The molecule has 1 aliphatic rings. The number of nitrogens with zero attached hydrogens (tertiary/aromatic N) is 1. The Morgan fingerprint density at radius 2 is 2.00 bits per heavy atom. The van der Waals surface area contributed by atoms with Gasteiger partial charge in [-0.3, -0.25) is 0 Å². The lowest BCUT2D eigenvalue weighted by molar-refractivity contribution is 0.0600. The zero-order valence-electron chi connectivity index (χ0n) is 8.34. The van der Waals surface area contributed by atoms with Crippen LogP contribution in [0.25, 0.3) is 0 Å². The van der Waals surface area contributed by atoms with E-state index in [4.69, 9.17) is 0 Å². The SMILES string of the molecule is BN1CCC(CO)(CCC)CC1. The second-order valence-corrected chi connectivity index (χ2v) is 4.21. The Hall–Kier alpha value is -0.0151. The Balaban J connectivity index is 2.45. The van der Waals surface area contributed by atoms with Crippen molar-refractivity contribution >= 4 is 7.98 Å². The van der Waals surface area contributed by atoms with Gasteiger partial charge in [0, 0.05) is 6.61 Å². The van der Waals surface area contributed by atoms with Crippen LogP contribution in [0.15, 0.2) is 0 Å². The van der Waals surface area contributed by atoms with Gasteiger partial charge in [-0.1, -0.05) is 13.3 Å². The lowest BCUT2D eigenvalue weighted by Crippen LogP contribution is -2.40. The summed E-state index contributed by atoms with van der Waals surface area (Å²) in [6, 6.07) is 0. The van der Waals surface area contributed by atoms with E-state index < -0.39 is 0 Å². The fourth-order valence-electron chi connectivity index (χ4n) is 2.11. The monoisotopic (exact) mass is 169 g/mol. The van der Waals surface area contributed by atoms with E-state index in [0.717, 1.165) is 13.1 Å². The zero-order chi connectivity index (χ0) is 9.03. The molecule has 1 rings (SSSR count). The Morgan fingerprint density at radius 1 is 1.42 bits per heavy atom. The summed E-state index contributed by atoms with van der Waals surface area (Å²) < 4.78 is 0. The molecule has 3 heteroatoms. The highest BCUT2D eigenvalue weighted by atomic mass is 16.3. The topological polar surface area (TPSA) is 23.5 Å². The van der Waals surface area contributed by atoms with Gasteiger partial charge in [-0.15, -0.1) is 0 Å². The molecule has 0 aliphatic carbocycles. The molecule has 0 radical (unpaired) electrons. The molecule has 1 heterocycles. The molecule has 0 amide bonds. The molecule has 0 aromatic rings. The van der Waals surface area contributed by atoms with Gasteiger partial charge >= 0.3 is 0 Å². The van der Waals surface area contributed by atoms with E-state index in [9.17, 15) is 5.11 Å². The van der Waals surface area contributed by atoms with Crippen LogP contribution in [0.3, 0.4) is 0 Å². The van der Waals surface area contributed by atoms with E-state index in [1.54, 1.807) is 0 Å². The molecule has 12 heavy (non-hydrogen) atoms. The van der Waals surface area contributed by atoms with Gasteiger partial charge < -0.3 is 9.92 Å². The third-order valence-electron chi connectivity index (χ3n) is 3.16. The van der Waals surface area contributed by atoms with E-state index in [-0.39, 0.29) is 5.41 Å². The Morgan fingerprint density at radius 3 is 2.42 bits per heavy atom. The second kappa shape index (κ2) is 4.29. The number of piperidine rings is 1. The maximum atomic E-state index is 9.34. The summed E-state index contributed by atoms with van der Waals surface area (Å²) in [4.78, 5) is 2.35. The average Bonchev–Trinajstić information content (AvgIpc) is 2.10. The van der Waals surface area contributed by atoms with Gasteiger partial charge in [-0.25, -0.2) is 0 Å². The van der Waals surface area contributed by atoms with Crippen molar-refractivity contribution in [3.05, 3.63) is 0 Å². The third-order valence-corrected chi connectivity index (χ3v) is 3.16. The first-order valence-corrected chi connectivity index (χ1v) is 5.02. The molecule has 0 bridgehead atoms. The number of aliphatic hydroxyl groups is 1. The van der Waals surface area contributed by atoms with Crippen molar-refractivity contribution in [1.82, 2.24) is 4.81 Å². The maximum absolute atomic E-state index is 9.34. The number of hydrogen-bond donors (Lipinski definition) is 1. The molecule has 0 saturated carbocycles. The van der Waals surface area contributed by atoms with Crippen molar-refractivity contribution in [2.24, 2.45) is 5.41 Å². The fraction of sp³-hybridized carbons (Fsp3) is 1.00. The molecule has 1 saturated heterocycles. The molecule has 2 nitrogen and oxygen atoms in total. The van der Waals surface area contributed by atoms with E-state index in [2.05, 4.69) is 19.7 Å². The first-order chi connectivity index (χ1) is 5.72. The quantitative estimate of drug-likeness (QED) is 0.618. The summed E-state index contributed by atoms with van der Waals surface area (Å²) in [5.74, 6) is 0. The minimum atomic E-state index is 0.265. The van der Waals surface area contributed by atoms with Crippen LogP contribution in [0.1, 0.15) is 32.6 Å². The predicted molar refractivity (Wildman–Crippen MR) is 53.8 cm³/mol. The summed E-state index contributed by atoms with van der Waals surface area (Å²) >= 11 is 0. The minimum absolute atomic E-state index is 0.265. The number of hydrogen-bond acceptors (Lipinski definition) is 2. The lowest BCUT2D eigenvalue weighted by Gasteiger charge is -2.39. The van der Waals surface area contributed by atoms with Crippen molar-refractivity contribution in [3.8, 4) is 0 Å². The highest BCUT2D eigenvalue weighted by Gasteiger charge is 2.31. The molecule has 1 aliphatic heterocycles. The third kappa shape index (κ3) is 2.24. The highest BCUT2D eigenvalue weighted by molar-refractivity contribution is 6.04. The standard InChI is InChI=1S/C9H20BNO/c1-2-3-9(8-12)4-6-11(10)7-5-9/h12H,2-8,10H2,1H3. The van der Waals surface area contributed by atoms with Crippen LogP contribution in [-0.2, 0) is 0 Å². The largest absolute Gasteiger partial charge is 0.396 e. The fourth-order valence-corrected chi connectivity index (χ4v) is 2.11. The Bertz CT molecular complexity index is 132. The smallest absolute Gasteiger partial charge is 0.185 e. The van der Waals surface area contributed by atoms with E-state index in [1.165, 1.54) is 25.7 Å². The van der Waals surface area contributed by atoms with E-state index in [0.29, 0.717) is 6.61 Å². The maximum Gasteiger partial charge on any atom is 0.185 e. The Labute approximate surface area is 76.4 Å². The summed E-state index contributed by atoms with van der Waals surface area (Å²) in [7, 11) is 2.16. The molecular formula is C9H20BNO. The van der Waals surface area contributed by atoms with Gasteiger partial charge in [0.15, 0.2) is 7.98 Å².